The number of hydrogen-bond donors (Lipinski definition) is 1. The van der Waals surface area contributed by atoms with E-state index in [0.717, 1.165) is 23.1 Å². The van der Waals surface area contributed by atoms with Crippen LogP contribution in [-0.4, -0.2) is 9.97 Å². The first-order valence-electron chi connectivity index (χ1n) is 5.89. The van der Waals surface area contributed by atoms with Crippen LogP contribution >= 0.6 is 27.5 Å². The predicted octanol–water partition coefficient (Wildman–Crippen LogP) is 4.14. The Kier molecular flexibility index (Phi) is 3.33. The lowest BCUT2D eigenvalue weighted by atomic mass is 10.3. The SMILES string of the molecule is Nc1cc(Oc2ccc(Cl)cc2Br)nc(C2CC2)n1. The zero-order chi connectivity index (χ0) is 13.4. The normalized spacial score (nSPS) is 14.4. The molecular formula is C13H11BrClN3O. The molecule has 1 aliphatic carbocycles. The highest BCUT2D eigenvalue weighted by molar-refractivity contribution is 9.10. The second-order valence-electron chi connectivity index (χ2n) is 4.44. The number of aromatic nitrogens is 2. The molecule has 1 aromatic carbocycles. The summed E-state index contributed by atoms with van der Waals surface area (Å²) in [4.78, 5) is 8.62. The first kappa shape index (κ1) is 12.7. The minimum atomic E-state index is 0.428. The van der Waals surface area contributed by atoms with Crippen LogP contribution in [0.4, 0.5) is 5.82 Å². The van der Waals surface area contributed by atoms with Crippen LogP contribution in [0.1, 0.15) is 24.6 Å². The summed E-state index contributed by atoms with van der Waals surface area (Å²) in [6, 6.07) is 6.92. The fourth-order valence-electron chi connectivity index (χ4n) is 1.71. The van der Waals surface area contributed by atoms with Crippen molar-refractivity contribution in [3.8, 4) is 11.6 Å². The van der Waals surface area contributed by atoms with E-state index in [1.807, 2.05) is 0 Å². The minimum Gasteiger partial charge on any atom is -0.438 e. The van der Waals surface area contributed by atoms with Crippen molar-refractivity contribution < 1.29 is 4.74 Å². The molecule has 0 atom stereocenters. The Labute approximate surface area is 124 Å². The van der Waals surface area contributed by atoms with Crippen LogP contribution in [0.2, 0.25) is 5.02 Å². The topological polar surface area (TPSA) is 61.0 Å². The lowest BCUT2D eigenvalue weighted by Gasteiger charge is -2.09. The van der Waals surface area contributed by atoms with Gasteiger partial charge in [-0.15, -0.1) is 0 Å². The molecule has 0 radical (unpaired) electrons. The smallest absolute Gasteiger partial charge is 0.224 e. The fourth-order valence-corrected chi connectivity index (χ4v) is 2.47. The largest absolute Gasteiger partial charge is 0.438 e. The van der Waals surface area contributed by atoms with Crippen molar-refractivity contribution >= 4 is 33.3 Å². The standard InChI is InChI=1S/C13H11BrClN3O/c14-9-5-8(15)3-4-10(9)19-12-6-11(16)17-13(18-12)7-1-2-7/h3-7H,1-2H2,(H2,16,17,18). The molecule has 2 N–H and O–H groups in total. The van der Waals surface area contributed by atoms with Crippen LogP contribution in [0.3, 0.4) is 0 Å². The van der Waals surface area contributed by atoms with E-state index in [4.69, 9.17) is 22.1 Å². The van der Waals surface area contributed by atoms with Gasteiger partial charge in [0.15, 0.2) is 0 Å². The summed E-state index contributed by atoms with van der Waals surface area (Å²) in [7, 11) is 0. The monoisotopic (exact) mass is 339 g/mol. The summed E-state index contributed by atoms with van der Waals surface area (Å²) in [5.41, 5.74) is 5.78. The van der Waals surface area contributed by atoms with Gasteiger partial charge in [-0.25, -0.2) is 4.98 Å². The first-order chi connectivity index (χ1) is 9.11. The molecule has 0 unspecified atom stereocenters. The van der Waals surface area contributed by atoms with Crippen LogP contribution in [-0.2, 0) is 0 Å². The number of rotatable bonds is 3. The molecular weight excluding hydrogens is 330 g/mol. The highest BCUT2D eigenvalue weighted by atomic mass is 79.9. The molecule has 1 aromatic heterocycles. The van der Waals surface area contributed by atoms with Crippen LogP contribution in [0.15, 0.2) is 28.7 Å². The Bertz CT molecular complexity index is 631. The number of hydrogen-bond acceptors (Lipinski definition) is 4. The molecule has 4 nitrogen and oxygen atoms in total. The first-order valence-corrected chi connectivity index (χ1v) is 7.06. The Morgan fingerprint density at radius 3 is 2.74 bits per heavy atom. The van der Waals surface area contributed by atoms with Crippen molar-refractivity contribution in [3.63, 3.8) is 0 Å². The lowest BCUT2D eigenvalue weighted by molar-refractivity contribution is 0.456. The van der Waals surface area contributed by atoms with Gasteiger partial charge in [0, 0.05) is 17.0 Å². The zero-order valence-electron chi connectivity index (χ0n) is 9.94. The molecule has 0 saturated heterocycles. The maximum absolute atomic E-state index is 5.89. The maximum Gasteiger partial charge on any atom is 0.224 e. The summed E-state index contributed by atoms with van der Waals surface area (Å²) in [6.07, 6.45) is 2.24. The molecule has 0 aliphatic heterocycles. The molecule has 3 rings (SSSR count). The second kappa shape index (κ2) is 4.98. The summed E-state index contributed by atoms with van der Waals surface area (Å²) < 4.78 is 6.50. The molecule has 0 bridgehead atoms. The van der Waals surface area contributed by atoms with E-state index in [-0.39, 0.29) is 0 Å². The molecule has 1 saturated carbocycles. The van der Waals surface area contributed by atoms with E-state index in [9.17, 15) is 0 Å². The number of nitrogens with two attached hydrogens (primary N) is 1. The molecule has 1 heterocycles. The van der Waals surface area contributed by atoms with Gasteiger partial charge in [-0.1, -0.05) is 11.6 Å². The fraction of sp³-hybridized carbons (Fsp3) is 0.231. The van der Waals surface area contributed by atoms with Gasteiger partial charge in [0.25, 0.3) is 0 Å². The third kappa shape index (κ3) is 2.98. The van der Waals surface area contributed by atoms with Gasteiger partial charge in [-0.05, 0) is 47.0 Å². The third-order valence-electron chi connectivity index (χ3n) is 2.79. The highest BCUT2D eigenvalue weighted by Crippen LogP contribution is 2.39. The second-order valence-corrected chi connectivity index (χ2v) is 5.73. The third-order valence-corrected chi connectivity index (χ3v) is 3.65. The molecule has 6 heteroatoms. The average Bonchev–Trinajstić information content (AvgIpc) is 3.16. The zero-order valence-corrected chi connectivity index (χ0v) is 12.3. The van der Waals surface area contributed by atoms with Crippen molar-refractivity contribution in [1.29, 1.82) is 0 Å². The quantitative estimate of drug-likeness (QED) is 0.912. The molecule has 0 spiro atoms. The van der Waals surface area contributed by atoms with E-state index < -0.39 is 0 Å². The number of benzene rings is 1. The van der Waals surface area contributed by atoms with Gasteiger partial charge in [-0.2, -0.15) is 4.98 Å². The number of nitrogens with zero attached hydrogens (tertiary/aromatic N) is 2. The average molecular weight is 341 g/mol. The van der Waals surface area contributed by atoms with Crippen molar-refractivity contribution in [2.24, 2.45) is 0 Å². The van der Waals surface area contributed by atoms with Gasteiger partial charge in [0.05, 0.1) is 4.47 Å². The van der Waals surface area contributed by atoms with Crippen LogP contribution in [0.25, 0.3) is 0 Å². The molecule has 1 fully saturated rings. The molecule has 1 aliphatic rings. The van der Waals surface area contributed by atoms with Gasteiger partial charge in [-0.3, -0.25) is 0 Å². The van der Waals surface area contributed by atoms with Crippen molar-refractivity contribution in [2.75, 3.05) is 5.73 Å². The number of halogens is 2. The summed E-state index contributed by atoms with van der Waals surface area (Å²) in [5.74, 6) is 2.72. The van der Waals surface area contributed by atoms with Crippen LogP contribution < -0.4 is 10.5 Å². The summed E-state index contributed by atoms with van der Waals surface area (Å²) in [5, 5.41) is 0.639. The van der Waals surface area contributed by atoms with Gasteiger partial charge < -0.3 is 10.5 Å². The summed E-state index contributed by atoms with van der Waals surface area (Å²) >= 11 is 9.29. The van der Waals surface area contributed by atoms with Gasteiger partial charge in [0.1, 0.15) is 17.4 Å². The highest BCUT2D eigenvalue weighted by Gasteiger charge is 2.27. The Hall–Kier alpha value is -1.33. The van der Waals surface area contributed by atoms with Gasteiger partial charge >= 0.3 is 0 Å². The van der Waals surface area contributed by atoms with E-state index in [1.165, 1.54) is 0 Å². The van der Waals surface area contributed by atoms with Crippen molar-refractivity contribution in [1.82, 2.24) is 9.97 Å². The van der Waals surface area contributed by atoms with Crippen LogP contribution in [0, 0.1) is 0 Å². The molecule has 2 aromatic rings. The maximum atomic E-state index is 5.89. The minimum absolute atomic E-state index is 0.428. The number of nitrogen functional groups attached to an aromatic ring is 1. The molecule has 98 valence electrons. The molecule has 19 heavy (non-hydrogen) atoms. The van der Waals surface area contributed by atoms with Gasteiger partial charge in [0.2, 0.25) is 5.88 Å². The summed E-state index contributed by atoms with van der Waals surface area (Å²) in [6.45, 7) is 0. The van der Waals surface area contributed by atoms with Crippen molar-refractivity contribution in [3.05, 3.63) is 39.6 Å². The predicted molar refractivity (Wildman–Crippen MR) is 77.6 cm³/mol. The number of anilines is 1. The Morgan fingerprint density at radius 2 is 2.05 bits per heavy atom. The van der Waals surface area contributed by atoms with Crippen molar-refractivity contribution in [2.45, 2.75) is 18.8 Å². The Morgan fingerprint density at radius 1 is 1.26 bits per heavy atom. The van der Waals surface area contributed by atoms with Crippen LogP contribution in [0.5, 0.6) is 11.6 Å². The molecule has 0 amide bonds. The van der Waals surface area contributed by atoms with E-state index in [2.05, 4.69) is 25.9 Å². The van der Waals surface area contributed by atoms with E-state index in [1.54, 1.807) is 24.3 Å². The van der Waals surface area contributed by atoms with E-state index in [0.29, 0.717) is 28.4 Å². The Balaban J connectivity index is 1.89. The van der Waals surface area contributed by atoms with E-state index >= 15 is 0 Å². The number of ether oxygens (including phenoxy) is 1. The lowest BCUT2D eigenvalue weighted by Crippen LogP contribution is -2.00.